The average Bonchev–Trinajstić information content (AvgIpc) is 2.25. The molecule has 0 heterocycles. The molecule has 0 saturated heterocycles. The first-order chi connectivity index (χ1) is 8.51. The Labute approximate surface area is 110 Å². The Bertz CT molecular complexity index is 345. The summed E-state index contributed by atoms with van der Waals surface area (Å²) >= 11 is 0. The zero-order chi connectivity index (χ0) is 13.5. The van der Waals surface area contributed by atoms with Gasteiger partial charge in [-0.15, -0.1) is 0 Å². The molecule has 0 radical (unpaired) electrons. The van der Waals surface area contributed by atoms with E-state index < -0.39 is 6.10 Å². The minimum Gasteiger partial charge on any atom is -0.491 e. The number of rotatable bonds is 7. The molecule has 3 nitrogen and oxygen atoms in total. The van der Waals surface area contributed by atoms with Gasteiger partial charge in [0, 0.05) is 6.54 Å². The molecule has 102 valence electrons. The van der Waals surface area contributed by atoms with Crippen LogP contribution < -0.4 is 4.74 Å². The summed E-state index contributed by atoms with van der Waals surface area (Å²) in [5.74, 6) is 0.838. The molecule has 0 spiro atoms. The van der Waals surface area contributed by atoms with E-state index in [1.165, 1.54) is 11.1 Å². The van der Waals surface area contributed by atoms with Crippen molar-refractivity contribution >= 4 is 0 Å². The lowest BCUT2D eigenvalue weighted by Crippen LogP contribution is -2.33. The Kier molecular flexibility index (Phi) is 6.16. The van der Waals surface area contributed by atoms with Crippen LogP contribution >= 0.6 is 0 Å². The first-order valence-electron chi connectivity index (χ1n) is 6.59. The van der Waals surface area contributed by atoms with Gasteiger partial charge < -0.3 is 14.7 Å². The fourth-order valence-corrected chi connectivity index (χ4v) is 2.09. The van der Waals surface area contributed by atoms with Gasteiger partial charge in [-0.1, -0.05) is 13.0 Å². The second-order valence-electron chi connectivity index (χ2n) is 5.05. The molecule has 1 unspecified atom stereocenters. The molecule has 0 amide bonds. The third-order valence-corrected chi connectivity index (χ3v) is 2.77. The van der Waals surface area contributed by atoms with Gasteiger partial charge in [0.05, 0.1) is 0 Å². The van der Waals surface area contributed by atoms with Crippen LogP contribution in [0.15, 0.2) is 18.2 Å². The average molecular weight is 251 g/mol. The summed E-state index contributed by atoms with van der Waals surface area (Å²) in [4.78, 5) is 2.12. The molecule has 1 atom stereocenters. The first-order valence-corrected chi connectivity index (χ1v) is 6.59. The molecule has 0 bridgehead atoms. The minimum absolute atomic E-state index is 0.344. The molecule has 0 aliphatic rings. The number of ether oxygens (including phenoxy) is 1. The van der Waals surface area contributed by atoms with Gasteiger partial charge in [0.1, 0.15) is 18.5 Å². The maximum absolute atomic E-state index is 9.88. The molecule has 0 fully saturated rings. The Hall–Kier alpha value is -1.06. The Balaban J connectivity index is 2.39. The minimum atomic E-state index is -0.442. The van der Waals surface area contributed by atoms with Crippen molar-refractivity contribution in [3.63, 3.8) is 0 Å². The third-order valence-electron chi connectivity index (χ3n) is 2.77. The lowest BCUT2D eigenvalue weighted by atomic mass is 10.1. The monoisotopic (exact) mass is 251 g/mol. The van der Waals surface area contributed by atoms with E-state index in [0.29, 0.717) is 13.2 Å². The van der Waals surface area contributed by atoms with E-state index in [4.69, 9.17) is 4.74 Å². The van der Waals surface area contributed by atoms with Crippen LogP contribution in [-0.4, -0.2) is 42.9 Å². The van der Waals surface area contributed by atoms with Crippen LogP contribution in [0.1, 0.15) is 24.5 Å². The quantitative estimate of drug-likeness (QED) is 0.807. The SMILES string of the molecule is CCCN(C)CC(O)COc1cc(C)cc(C)c1. The molecule has 1 aromatic rings. The van der Waals surface area contributed by atoms with Crippen LogP contribution in [-0.2, 0) is 0 Å². The van der Waals surface area contributed by atoms with Gasteiger partial charge in [-0.25, -0.2) is 0 Å². The molecular weight excluding hydrogens is 226 g/mol. The van der Waals surface area contributed by atoms with Crippen LogP contribution in [0.4, 0.5) is 0 Å². The topological polar surface area (TPSA) is 32.7 Å². The Morgan fingerprint density at radius 3 is 2.39 bits per heavy atom. The normalized spacial score (nSPS) is 12.8. The van der Waals surface area contributed by atoms with E-state index in [-0.39, 0.29) is 0 Å². The van der Waals surface area contributed by atoms with E-state index >= 15 is 0 Å². The number of likely N-dealkylation sites (N-methyl/N-ethyl adjacent to an activating group) is 1. The predicted octanol–water partition coefficient (Wildman–Crippen LogP) is 2.38. The van der Waals surface area contributed by atoms with E-state index in [0.717, 1.165) is 18.7 Å². The first kappa shape index (κ1) is 15.0. The number of nitrogens with zero attached hydrogens (tertiary/aromatic N) is 1. The molecule has 1 N–H and O–H groups in total. The number of hydrogen-bond donors (Lipinski definition) is 1. The predicted molar refractivity (Wildman–Crippen MR) is 75.2 cm³/mol. The number of aliphatic hydroxyl groups excluding tert-OH is 1. The second kappa shape index (κ2) is 7.39. The largest absolute Gasteiger partial charge is 0.491 e. The van der Waals surface area contributed by atoms with Crippen molar-refractivity contribution in [1.29, 1.82) is 0 Å². The van der Waals surface area contributed by atoms with Gasteiger partial charge >= 0.3 is 0 Å². The van der Waals surface area contributed by atoms with Crippen LogP contribution in [0, 0.1) is 13.8 Å². The van der Waals surface area contributed by atoms with Crippen LogP contribution in [0.3, 0.4) is 0 Å². The number of aryl methyl sites for hydroxylation is 2. The van der Waals surface area contributed by atoms with Crippen molar-refractivity contribution in [2.24, 2.45) is 0 Å². The highest BCUT2D eigenvalue weighted by Crippen LogP contribution is 2.16. The number of hydrogen-bond acceptors (Lipinski definition) is 3. The van der Waals surface area contributed by atoms with Crippen molar-refractivity contribution in [2.45, 2.75) is 33.3 Å². The standard InChI is InChI=1S/C15H25NO2/c1-5-6-16(4)10-14(17)11-18-15-8-12(2)7-13(3)9-15/h7-9,14,17H,5-6,10-11H2,1-4H3. The molecule has 0 aliphatic carbocycles. The highest BCUT2D eigenvalue weighted by Gasteiger charge is 2.08. The van der Waals surface area contributed by atoms with Gasteiger partial charge in [0.25, 0.3) is 0 Å². The van der Waals surface area contributed by atoms with E-state index in [1.807, 2.05) is 33.0 Å². The lowest BCUT2D eigenvalue weighted by Gasteiger charge is -2.20. The molecule has 3 heteroatoms. The second-order valence-corrected chi connectivity index (χ2v) is 5.05. The van der Waals surface area contributed by atoms with Gasteiger partial charge in [0.2, 0.25) is 0 Å². The fraction of sp³-hybridized carbons (Fsp3) is 0.600. The lowest BCUT2D eigenvalue weighted by molar-refractivity contribution is 0.0764. The molecule has 1 aromatic carbocycles. The summed E-state index contributed by atoms with van der Waals surface area (Å²) in [6.45, 7) is 8.22. The highest BCUT2D eigenvalue weighted by atomic mass is 16.5. The van der Waals surface area contributed by atoms with Gasteiger partial charge in [0.15, 0.2) is 0 Å². The molecular formula is C15H25NO2. The van der Waals surface area contributed by atoms with Crippen molar-refractivity contribution in [3.05, 3.63) is 29.3 Å². The van der Waals surface area contributed by atoms with E-state index in [2.05, 4.69) is 17.9 Å². The van der Waals surface area contributed by atoms with Gasteiger partial charge in [-0.2, -0.15) is 0 Å². The van der Waals surface area contributed by atoms with Crippen LogP contribution in [0.2, 0.25) is 0 Å². The summed E-state index contributed by atoms with van der Waals surface area (Å²) in [7, 11) is 2.02. The summed E-state index contributed by atoms with van der Waals surface area (Å²) in [5, 5.41) is 9.88. The van der Waals surface area contributed by atoms with Crippen molar-refractivity contribution in [3.8, 4) is 5.75 Å². The third kappa shape index (κ3) is 5.52. The Morgan fingerprint density at radius 1 is 1.22 bits per heavy atom. The number of benzene rings is 1. The molecule has 0 aromatic heterocycles. The maximum Gasteiger partial charge on any atom is 0.119 e. The molecule has 0 aliphatic heterocycles. The van der Waals surface area contributed by atoms with Crippen LogP contribution in [0.25, 0.3) is 0 Å². The Morgan fingerprint density at radius 2 is 1.83 bits per heavy atom. The maximum atomic E-state index is 9.88. The van der Waals surface area contributed by atoms with Crippen molar-refractivity contribution in [1.82, 2.24) is 4.90 Å². The zero-order valence-corrected chi connectivity index (χ0v) is 11.9. The fourth-order valence-electron chi connectivity index (χ4n) is 2.09. The summed E-state index contributed by atoms with van der Waals surface area (Å²) < 4.78 is 5.63. The van der Waals surface area contributed by atoms with Crippen LogP contribution in [0.5, 0.6) is 5.75 Å². The van der Waals surface area contributed by atoms with E-state index in [9.17, 15) is 5.11 Å². The number of aliphatic hydroxyl groups is 1. The molecule has 0 saturated carbocycles. The van der Waals surface area contributed by atoms with Crippen molar-refractivity contribution < 1.29 is 9.84 Å². The summed E-state index contributed by atoms with van der Waals surface area (Å²) in [5.41, 5.74) is 2.37. The summed E-state index contributed by atoms with van der Waals surface area (Å²) in [6, 6.07) is 6.10. The molecule has 1 rings (SSSR count). The highest BCUT2D eigenvalue weighted by molar-refractivity contribution is 5.32. The van der Waals surface area contributed by atoms with Gasteiger partial charge in [-0.3, -0.25) is 0 Å². The summed E-state index contributed by atoms with van der Waals surface area (Å²) in [6.07, 6.45) is 0.656. The van der Waals surface area contributed by atoms with Crippen molar-refractivity contribution in [2.75, 3.05) is 26.7 Å². The molecule has 18 heavy (non-hydrogen) atoms. The van der Waals surface area contributed by atoms with E-state index in [1.54, 1.807) is 0 Å². The smallest absolute Gasteiger partial charge is 0.119 e. The zero-order valence-electron chi connectivity index (χ0n) is 11.9. The van der Waals surface area contributed by atoms with Gasteiger partial charge in [-0.05, 0) is 57.1 Å².